The van der Waals surface area contributed by atoms with Gasteiger partial charge >= 0.3 is 0 Å². The molecule has 1 heterocycles. The van der Waals surface area contributed by atoms with Gasteiger partial charge in [0.1, 0.15) is 12.4 Å². The highest BCUT2D eigenvalue weighted by atomic mass is 16.2. The summed E-state index contributed by atoms with van der Waals surface area (Å²) in [7, 11) is 0. The Morgan fingerprint density at radius 2 is 1.72 bits per heavy atom. The summed E-state index contributed by atoms with van der Waals surface area (Å²) in [6.07, 6.45) is 0. The number of hydrogen-bond donors (Lipinski definition) is 1. The molecule has 152 valence electrons. The number of hydrogen-bond acceptors (Lipinski definition) is 4. The Hall–Kier alpha value is -2.99. The van der Waals surface area contributed by atoms with Crippen LogP contribution in [0.15, 0.2) is 59.4 Å². The zero-order valence-corrected chi connectivity index (χ0v) is 17.3. The zero-order valence-electron chi connectivity index (χ0n) is 17.3. The van der Waals surface area contributed by atoms with Crippen molar-refractivity contribution in [1.82, 2.24) is 19.8 Å². The second-order valence-electron chi connectivity index (χ2n) is 7.02. The van der Waals surface area contributed by atoms with Crippen molar-refractivity contribution in [2.45, 2.75) is 33.4 Å². The van der Waals surface area contributed by atoms with Gasteiger partial charge in [-0.1, -0.05) is 56.3 Å². The van der Waals surface area contributed by atoms with Gasteiger partial charge in [-0.05, 0) is 37.7 Å². The van der Waals surface area contributed by atoms with Crippen LogP contribution in [0.4, 0.5) is 0 Å². The first-order chi connectivity index (χ1) is 14.0. The van der Waals surface area contributed by atoms with Gasteiger partial charge in [0.15, 0.2) is 0 Å². The Labute approximate surface area is 171 Å². The van der Waals surface area contributed by atoms with Crippen LogP contribution in [0.2, 0.25) is 0 Å². The first kappa shape index (κ1) is 20.7. The molecule has 1 N–H and O–H groups in total. The van der Waals surface area contributed by atoms with Gasteiger partial charge in [-0.2, -0.15) is 0 Å². The molecule has 0 saturated carbocycles. The van der Waals surface area contributed by atoms with Crippen LogP contribution in [0.3, 0.4) is 0 Å². The number of rotatable bonds is 8. The first-order valence-corrected chi connectivity index (χ1v) is 10.1. The van der Waals surface area contributed by atoms with E-state index in [1.54, 1.807) is 19.1 Å². The maximum Gasteiger partial charge on any atom is 0.261 e. The van der Waals surface area contributed by atoms with Crippen LogP contribution in [-0.4, -0.2) is 40.0 Å². The third kappa shape index (κ3) is 4.71. The van der Waals surface area contributed by atoms with E-state index in [9.17, 15) is 9.59 Å². The van der Waals surface area contributed by atoms with Crippen LogP contribution in [0.5, 0.6) is 0 Å². The first-order valence-electron chi connectivity index (χ1n) is 10.1. The summed E-state index contributed by atoms with van der Waals surface area (Å²) >= 11 is 0. The number of para-hydroxylation sites is 1. The van der Waals surface area contributed by atoms with Crippen molar-refractivity contribution in [3.05, 3.63) is 76.3 Å². The van der Waals surface area contributed by atoms with Crippen molar-refractivity contribution in [3.63, 3.8) is 0 Å². The lowest BCUT2D eigenvalue weighted by Gasteiger charge is -2.30. The molecule has 0 aliphatic carbocycles. The van der Waals surface area contributed by atoms with Crippen LogP contribution in [0, 0.1) is 6.92 Å². The van der Waals surface area contributed by atoms with Crippen molar-refractivity contribution < 1.29 is 4.79 Å². The van der Waals surface area contributed by atoms with Gasteiger partial charge in [-0.3, -0.25) is 19.1 Å². The minimum Gasteiger partial charge on any atom is -0.353 e. The SMILES string of the molecule is CCN(CC)C(CNC(=O)Cn1c(C)nc2ccccc2c1=O)c1ccccc1. The van der Waals surface area contributed by atoms with Gasteiger partial charge in [-0.15, -0.1) is 0 Å². The zero-order chi connectivity index (χ0) is 20.8. The molecule has 0 bridgehead atoms. The third-order valence-corrected chi connectivity index (χ3v) is 5.28. The normalized spacial score (nSPS) is 12.3. The Kier molecular flexibility index (Phi) is 6.77. The second-order valence-corrected chi connectivity index (χ2v) is 7.02. The maximum atomic E-state index is 12.8. The van der Waals surface area contributed by atoms with Crippen LogP contribution >= 0.6 is 0 Å². The van der Waals surface area contributed by atoms with Crippen molar-refractivity contribution in [2.75, 3.05) is 19.6 Å². The number of carbonyl (C=O) groups is 1. The molecule has 0 aliphatic heterocycles. The van der Waals surface area contributed by atoms with E-state index in [1.165, 1.54) is 4.57 Å². The molecular formula is C23H28N4O2. The summed E-state index contributed by atoms with van der Waals surface area (Å²) in [5.74, 6) is 0.340. The van der Waals surface area contributed by atoms with Crippen molar-refractivity contribution >= 4 is 16.8 Å². The van der Waals surface area contributed by atoms with Crippen molar-refractivity contribution in [2.24, 2.45) is 0 Å². The van der Waals surface area contributed by atoms with Gasteiger partial charge in [0.25, 0.3) is 5.56 Å². The minimum absolute atomic E-state index is 0.0394. The molecule has 3 aromatic rings. The standard InChI is InChI=1S/C23H28N4O2/c1-4-26(5-2)21(18-11-7-6-8-12-18)15-24-22(28)16-27-17(3)25-20-14-10-9-13-19(20)23(27)29/h6-14,21H,4-5,15-16H2,1-3H3,(H,24,28). The molecule has 0 saturated heterocycles. The number of carbonyl (C=O) groups excluding carboxylic acids is 1. The number of nitrogens with one attached hydrogen (secondary N) is 1. The quantitative estimate of drug-likeness (QED) is 0.640. The van der Waals surface area contributed by atoms with E-state index >= 15 is 0 Å². The molecule has 2 aromatic carbocycles. The highest BCUT2D eigenvalue weighted by Crippen LogP contribution is 2.19. The van der Waals surface area contributed by atoms with Crippen LogP contribution in [0.25, 0.3) is 10.9 Å². The van der Waals surface area contributed by atoms with E-state index in [0.717, 1.165) is 18.7 Å². The van der Waals surface area contributed by atoms with E-state index in [-0.39, 0.29) is 24.1 Å². The Morgan fingerprint density at radius 1 is 1.07 bits per heavy atom. The smallest absolute Gasteiger partial charge is 0.261 e. The second kappa shape index (κ2) is 9.47. The molecule has 1 amide bonds. The summed E-state index contributed by atoms with van der Waals surface area (Å²) in [4.78, 5) is 32.2. The van der Waals surface area contributed by atoms with E-state index in [2.05, 4.69) is 41.2 Å². The Balaban J connectivity index is 1.76. The molecule has 1 unspecified atom stereocenters. The highest BCUT2D eigenvalue weighted by molar-refractivity contribution is 5.79. The summed E-state index contributed by atoms with van der Waals surface area (Å²) in [5.41, 5.74) is 1.63. The largest absolute Gasteiger partial charge is 0.353 e. The molecule has 6 heteroatoms. The molecule has 29 heavy (non-hydrogen) atoms. The predicted octanol–water partition coefficient (Wildman–Crippen LogP) is 2.90. The molecule has 6 nitrogen and oxygen atoms in total. The average Bonchev–Trinajstić information content (AvgIpc) is 2.74. The third-order valence-electron chi connectivity index (χ3n) is 5.28. The number of amides is 1. The Morgan fingerprint density at radius 3 is 2.41 bits per heavy atom. The fourth-order valence-corrected chi connectivity index (χ4v) is 3.67. The summed E-state index contributed by atoms with van der Waals surface area (Å²) in [5, 5.41) is 3.54. The lowest BCUT2D eigenvalue weighted by Crippen LogP contribution is -2.40. The maximum absolute atomic E-state index is 12.8. The lowest BCUT2D eigenvalue weighted by atomic mass is 10.1. The fourth-order valence-electron chi connectivity index (χ4n) is 3.67. The Bertz CT molecular complexity index is 1030. The summed E-state index contributed by atoms with van der Waals surface area (Å²) < 4.78 is 1.44. The number of benzene rings is 2. The van der Waals surface area contributed by atoms with E-state index in [0.29, 0.717) is 23.3 Å². The predicted molar refractivity (Wildman–Crippen MR) is 116 cm³/mol. The van der Waals surface area contributed by atoms with Crippen LogP contribution < -0.4 is 10.9 Å². The molecular weight excluding hydrogens is 364 g/mol. The molecule has 1 aromatic heterocycles. The van der Waals surface area contributed by atoms with Crippen molar-refractivity contribution in [3.8, 4) is 0 Å². The number of likely N-dealkylation sites (N-methyl/N-ethyl adjacent to an activating group) is 1. The lowest BCUT2D eigenvalue weighted by molar-refractivity contribution is -0.122. The van der Waals surface area contributed by atoms with Gasteiger partial charge in [0.05, 0.1) is 16.9 Å². The molecule has 1 atom stereocenters. The summed E-state index contributed by atoms with van der Waals surface area (Å²) in [6, 6.07) is 17.5. The van der Waals surface area contributed by atoms with Gasteiger partial charge in [-0.25, -0.2) is 4.98 Å². The number of nitrogens with zero attached hydrogens (tertiary/aromatic N) is 3. The van der Waals surface area contributed by atoms with Crippen molar-refractivity contribution in [1.29, 1.82) is 0 Å². The van der Waals surface area contributed by atoms with Gasteiger partial charge in [0, 0.05) is 6.54 Å². The van der Waals surface area contributed by atoms with E-state index in [1.807, 2.05) is 30.3 Å². The number of aromatic nitrogens is 2. The molecule has 0 radical (unpaired) electrons. The summed E-state index contributed by atoms with van der Waals surface area (Å²) in [6.45, 7) is 8.21. The van der Waals surface area contributed by atoms with Crippen LogP contribution in [-0.2, 0) is 11.3 Å². The molecule has 3 rings (SSSR count). The highest BCUT2D eigenvalue weighted by Gasteiger charge is 2.19. The average molecular weight is 393 g/mol. The minimum atomic E-state index is -0.194. The number of fused-ring (bicyclic) bond motifs is 1. The molecule has 0 fully saturated rings. The number of aryl methyl sites for hydroxylation is 1. The van der Waals surface area contributed by atoms with Gasteiger partial charge in [0.2, 0.25) is 5.91 Å². The van der Waals surface area contributed by atoms with Crippen LogP contribution in [0.1, 0.15) is 31.3 Å². The van der Waals surface area contributed by atoms with Gasteiger partial charge < -0.3 is 5.32 Å². The monoisotopic (exact) mass is 392 g/mol. The molecule has 0 aliphatic rings. The fraction of sp³-hybridized carbons (Fsp3) is 0.348. The molecule has 0 spiro atoms. The topological polar surface area (TPSA) is 67.2 Å². The van der Waals surface area contributed by atoms with E-state index in [4.69, 9.17) is 0 Å². The van der Waals surface area contributed by atoms with E-state index < -0.39 is 0 Å².